The number of benzene rings is 1. The van der Waals surface area contributed by atoms with E-state index in [9.17, 15) is 4.79 Å². The Labute approximate surface area is 120 Å². The van der Waals surface area contributed by atoms with Gasteiger partial charge in [-0.05, 0) is 31.9 Å². The summed E-state index contributed by atoms with van der Waals surface area (Å²) >= 11 is 0. The first-order valence-corrected chi connectivity index (χ1v) is 7.04. The molecule has 0 saturated carbocycles. The molecular weight excluding hydrogens is 254 g/mol. The molecule has 2 rings (SSSR count). The molecule has 4 nitrogen and oxygen atoms in total. The van der Waals surface area contributed by atoms with Crippen molar-refractivity contribution in [2.75, 3.05) is 19.8 Å². The molecule has 1 aromatic rings. The maximum Gasteiger partial charge on any atom is 0.310 e. The number of ether oxygens (including phenoxy) is 1. The van der Waals surface area contributed by atoms with E-state index in [0.29, 0.717) is 0 Å². The number of morpholine rings is 1. The minimum Gasteiger partial charge on any atom is -0.481 e. The molecule has 0 aromatic heterocycles. The van der Waals surface area contributed by atoms with Gasteiger partial charge in [-0.15, -0.1) is 0 Å². The first-order chi connectivity index (χ1) is 9.40. The Morgan fingerprint density at radius 1 is 1.40 bits per heavy atom. The van der Waals surface area contributed by atoms with Crippen LogP contribution in [0, 0.1) is 0 Å². The van der Waals surface area contributed by atoms with E-state index in [4.69, 9.17) is 9.84 Å². The molecule has 1 unspecified atom stereocenters. The lowest BCUT2D eigenvalue weighted by Crippen LogP contribution is -2.52. The Balaban J connectivity index is 2.05. The minimum absolute atomic E-state index is 0.0469. The predicted octanol–water partition coefficient (Wildman–Crippen LogP) is 2.49. The van der Waals surface area contributed by atoms with Crippen LogP contribution in [0.5, 0.6) is 0 Å². The summed E-state index contributed by atoms with van der Waals surface area (Å²) in [6.45, 7) is 9.42. The van der Waals surface area contributed by atoms with Crippen molar-refractivity contribution in [2.24, 2.45) is 0 Å². The van der Waals surface area contributed by atoms with E-state index in [2.05, 4.69) is 18.7 Å². The highest BCUT2D eigenvalue weighted by Crippen LogP contribution is 2.23. The van der Waals surface area contributed by atoms with Gasteiger partial charge in [-0.25, -0.2) is 0 Å². The van der Waals surface area contributed by atoms with Gasteiger partial charge in [0.1, 0.15) is 0 Å². The van der Waals surface area contributed by atoms with Crippen molar-refractivity contribution in [1.29, 1.82) is 0 Å². The van der Waals surface area contributed by atoms with E-state index in [1.165, 1.54) is 5.56 Å². The molecule has 0 aliphatic carbocycles. The van der Waals surface area contributed by atoms with Crippen LogP contribution < -0.4 is 0 Å². The zero-order valence-electron chi connectivity index (χ0n) is 12.4. The number of carbonyl (C=O) groups is 1. The Kier molecular flexibility index (Phi) is 4.45. The largest absolute Gasteiger partial charge is 0.481 e. The molecule has 1 aromatic carbocycles. The molecule has 0 radical (unpaired) electrons. The van der Waals surface area contributed by atoms with Gasteiger partial charge in [-0.3, -0.25) is 9.69 Å². The highest BCUT2D eigenvalue weighted by Gasteiger charge is 2.30. The summed E-state index contributed by atoms with van der Waals surface area (Å²) in [4.78, 5) is 13.4. The van der Waals surface area contributed by atoms with Crippen LogP contribution in [0.1, 0.15) is 37.8 Å². The second-order valence-corrected chi connectivity index (χ2v) is 6.09. The topological polar surface area (TPSA) is 49.8 Å². The van der Waals surface area contributed by atoms with Crippen molar-refractivity contribution >= 4 is 5.97 Å². The first kappa shape index (κ1) is 15.0. The first-order valence-electron chi connectivity index (χ1n) is 7.04. The lowest BCUT2D eigenvalue weighted by atomic mass is 9.98. The predicted molar refractivity (Wildman–Crippen MR) is 77.8 cm³/mol. The van der Waals surface area contributed by atoms with Crippen LogP contribution in [0.15, 0.2) is 24.3 Å². The number of aliphatic carboxylic acids is 1. The van der Waals surface area contributed by atoms with Crippen LogP contribution in [0.25, 0.3) is 0 Å². The fourth-order valence-electron chi connectivity index (χ4n) is 2.46. The van der Waals surface area contributed by atoms with Gasteiger partial charge < -0.3 is 9.84 Å². The molecule has 0 spiro atoms. The summed E-state index contributed by atoms with van der Waals surface area (Å²) in [5.74, 6) is -1.24. The SMILES string of the molecule is CC(C(=O)O)c1ccc(CN2CCOCC2(C)C)cc1. The average molecular weight is 277 g/mol. The molecule has 1 aliphatic rings. The third-order valence-corrected chi connectivity index (χ3v) is 4.04. The normalized spacial score (nSPS) is 20.6. The number of carboxylic acid groups (broad SMARTS) is 1. The van der Waals surface area contributed by atoms with E-state index in [-0.39, 0.29) is 5.54 Å². The van der Waals surface area contributed by atoms with Gasteiger partial charge in [-0.1, -0.05) is 24.3 Å². The number of carboxylic acids is 1. The Hall–Kier alpha value is -1.39. The van der Waals surface area contributed by atoms with E-state index in [0.717, 1.165) is 31.9 Å². The summed E-state index contributed by atoms with van der Waals surface area (Å²) < 4.78 is 5.52. The van der Waals surface area contributed by atoms with Crippen LogP contribution in [0.2, 0.25) is 0 Å². The van der Waals surface area contributed by atoms with Crippen LogP contribution in [0.3, 0.4) is 0 Å². The van der Waals surface area contributed by atoms with Gasteiger partial charge >= 0.3 is 5.97 Å². The van der Waals surface area contributed by atoms with E-state index in [1.807, 2.05) is 24.3 Å². The van der Waals surface area contributed by atoms with Gasteiger partial charge in [0.25, 0.3) is 0 Å². The number of hydrogen-bond donors (Lipinski definition) is 1. The van der Waals surface area contributed by atoms with Gasteiger partial charge in [0.05, 0.1) is 19.1 Å². The Bertz CT molecular complexity index is 467. The summed E-state index contributed by atoms with van der Waals surface area (Å²) in [6.07, 6.45) is 0. The quantitative estimate of drug-likeness (QED) is 0.918. The molecule has 0 bridgehead atoms. The van der Waals surface area contributed by atoms with Crippen molar-refractivity contribution < 1.29 is 14.6 Å². The Morgan fingerprint density at radius 2 is 2.05 bits per heavy atom. The monoisotopic (exact) mass is 277 g/mol. The highest BCUT2D eigenvalue weighted by molar-refractivity contribution is 5.75. The van der Waals surface area contributed by atoms with Crippen LogP contribution in [-0.4, -0.2) is 41.3 Å². The zero-order valence-corrected chi connectivity index (χ0v) is 12.4. The number of hydrogen-bond acceptors (Lipinski definition) is 3. The average Bonchev–Trinajstić information content (AvgIpc) is 2.41. The molecule has 110 valence electrons. The van der Waals surface area contributed by atoms with Gasteiger partial charge in [0.2, 0.25) is 0 Å². The molecule has 0 amide bonds. The maximum atomic E-state index is 11.0. The molecule has 20 heavy (non-hydrogen) atoms. The lowest BCUT2D eigenvalue weighted by molar-refractivity contribution is -0.138. The maximum absolute atomic E-state index is 11.0. The summed E-state index contributed by atoms with van der Waals surface area (Å²) in [5, 5.41) is 9.01. The second-order valence-electron chi connectivity index (χ2n) is 6.09. The number of nitrogens with zero attached hydrogens (tertiary/aromatic N) is 1. The molecule has 1 heterocycles. The molecular formula is C16H23NO3. The van der Waals surface area contributed by atoms with E-state index in [1.54, 1.807) is 6.92 Å². The standard InChI is InChI=1S/C16H23NO3/c1-12(15(18)19)14-6-4-13(5-7-14)10-17-8-9-20-11-16(17,2)3/h4-7,12H,8-11H2,1-3H3,(H,18,19). The Morgan fingerprint density at radius 3 is 2.60 bits per heavy atom. The van der Waals surface area contributed by atoms with Crippen LogP contribution in [0.4, 0.5) is 0 Å². The van der Waals surface area contributed by atoms with E-state index >= 15 is 0 Å². The lowest BCUT2D eigenvalue weighted by Gasteiger charge is -2.42. The highest BCUT2D eigenvalue weighted by atomic mass is 16.5. The summed E-state index contributed by atoms with van der Waals surface area (Å²) in [5.41, 5.74) is 2.11. The van der Waals surface area contributed by atoms with Gasteiger partial charge in [0, 0.05) is 18.6 Å². The van der Waals surface area contributed by atoms with Crippen molar-refractivity contribution in [3.63, 3.8) is 0 Å². The third kappa shape index (κ3) is 3.38. The summed E-state index contributed by atoms with van der Waals surface area (Å²) in [6, 6.07) is 7.89. The fraction of sp³-hybridized carbons (Fsp3) is 0.562. The van der Waals surface area contributed by atoms with Crippen molar-refractivity contribution in [3.05, 3.63) is 35.4 Å². The van der Waals surface area contributed by atoms with Crippen molar-refractivity contribution in [3.8, 4) is 0 Å². The fourth-order valence-corrected chi connectivity index (χ4v) is 2.46. The number of rotatable bonds is 4. The summed E-state index contributed by atoms with van der Waals surface area (Å²) in [7, 11) is 0. The molecule has 1 N–H and O–H groups in total. The molecule has 1 atom stereocenters. The van der Waals surface area contributed by atoms with Gasteiger partial charge in [0.15, 0.2) is 0 Å². The minimum atomic E-state index is -0.785. The van der Waals surface area contributed by atoms with Gasteiger partial charge in [-0.2, -0.15) is 0 Å². The van der Waals surface area contributed by atoms with Crippen molar-refractivity contribution in [2.45, 2.75) is 38.8 Å². The molecule has 1 aliphatic heterocycles. The van der Waals surface area contributed by atoms with Crippen LogP contribution >= 0.6 is 0 Å². The molecule has 1 fully saturated rings. The van der Waals surface area contributed by atoms with Crippen LogP contribution in [-0.2, 0) is 16.1 Å². The molecule has 1 saturated heterocycles. The second kappa shape index (κ2) is 5.94. The van der Waals surface area contributed by atoms with E-state index < -0.39 is 11.9 Å². The smallest absolute Gasteiger partial charge is 0.310 e. The molecule has 4 heteroatoms. The zero-order chi connectivity index (χ0) is 14.8. The third-order valence-electron chi connectivity index (χ3n) is 4.04. The van der Waals surface area contributed by atoms with Crippen molar-refractivity contribution in [1.82, 2.24) is 4.90 Å².